The van der Waals surface area contributed by atoms with Crippen molar-refractivity contribution < 1.29 is 17.9 Å². The van der Waals surface area contributed by atoms with Crippen molar-refractivity contribution in [2.45, 2.75) is 38.3 Å². The molecule has 92 valence electrons. The molecule has 0 aromatic carbocycles. The number of carbonyl (C=O) groups is 1. The zero-order valence-corrected chi connectivity index (χ0v) is 10.4. The second-order valence-corrected chi connectivity index (χ2v) is 6.40. The number of esters is 1. The van der Waals surface area contributed by atoms with E-state index in [1.54, 1.807) is 6.92 Å². The van der Waals surface area contributed by atoms with Gasteiger partial charge in [0.05, 0.1) is 12.9 Å². The minimum Gasteiger partial charge on any atom is -0.465 e. The van der Waals surface area contributed by atoms with Crippen LogP contribution in [0.3, 0.4) is 0 Å². The molecule has 1 saturated heterocycles. The van der Waals surface area contributed by atoms with Gasteiger partial charge in [0.15, 0.2) is 0 Å². The molecular weight excluding hydrogens is 230 g/mol. The van der Waals surface area contributed by atoms with E-state index < -0.39 is 16.1 Å². The molecule has 3 atom stereocenters. The summed E-state index contributed by atoms with van der Waals surface area (Å²) in [6.45, 7) is 2.03. The van der Waals surface area contributed by atoms with E-state index in [0.717, 1.165) is 19.3 Å². The first-order valence-electron chi connectivity index (χ1n) is 5.60. The lowest BCUT2D eigenvalue weighted by Crippen LogP contribution is -2.49. The smallest absolute Gasteiger partial charge is 0.324 e. The first kappa shape index (κ1) is 11.9. The topological polar surface area (TPSA) is 63.7 Å². The molecule has 1 aliphatic carbocycles. The standard InChI is InChI=1S/C10H17NO4S/c1-3-15-10(12)9-7-4-5-8(6-7)11(9)16(2,13)14/h7-9H,3-6H2,1-2H3/t7-,8+,9+/m1/s1. The van der Waals surface area contributed by atoms with Gasteiger partial charge >= 0.3 is 5.97 Å². The minimum atomic E-state index is -3.31. The lowest BCUT2D eigenvalue weighted by molar-refractivity contribution is -0.149. The van der Waals surface area contributed by atoms with Crippen molar-refractivity contribution in [3.05, 3.63) is 0 Å². The fraction of sp³-hybridized carbons (Fsp3) is 0.900. The summed E-state index contributed by atoms with van der Waals surface area (Å²) in [7, 11) is -3.31. The fourth-order valence-corrected chi connectivity index (χ4v) is 4.35. The molecule has 0 radical (unpaired) electrons. The number of nitrogens with zero attached hydrogens (tertiary/aromatic N) is 1. The Morgan fingerprint density at radius 1 is 1.44 bits per heavy atom. The quantitative estimate of drug-likeness (QED) is 0.676. The number of hydrogen-bond donors (Lipinski definition) is 0. The number of rotatable bonds is 3. The Balaban J connectivity index is 2.25. The highest BCUT2D eigenvalue weighted by molar-refractivity contribution is 7.88. The number of fused-ring (bicyclic) bond motifs is 2. The molecule has 1 aliphatic heterocycles. The summed E-state index contributed by atoms with van der Waals surface area (Å²) >= 11 is 0. The molecule has 0 spiro atoms. The maximum atomic E-state index is 11.8. The highest BCUT2D eigenvalue weighted by atomic mass is 32.2. The zero-order valence-electron chi connectivity index (χ0n) is 9.55. The van der Waals surface area contributed by atoms with Gasteiger partial charge in [0.2, 0.25) is 10.0 Å². The molecule has 1 saturated carbocycles. The van der Waals surface area contributed by atoms with Gasteiger partial charge in [-0.25, -0.2) is 8.42 Å². The van der Waals surface area contributed by atoms with Crippen LogP contribution in [-0.2, 0) is 19.6 Å². The molecule has 2 bridgehead atoms. The van der Waals surface area contributed by atoms with Crippen LogP contribution in [0, 0.1) is 5.92 Å². The van der Waals surface area contributed by atoms with Gasteiger partial charge in [0, 0.05) is 6.04 Å². The Morgan fingerprint density at radius 2 is 2.12 bits per heavy atom. The molecule has 6 heteroatoms. The van der Waals surface area contributed by atoms with E-state index in [2.05, 4.69) is 0 Å². The summed E-state index contributed by atoms with van der Waals surface area (Å²) in [5, 5.41) is 0. The lowest BCUT2D eigenvalue weighted by Gasteiger charge is -2.31. The van der Waals surface area contributed by atoms with Gasteiger partial charge in [-0.05, 0) is 32.1 Å². The molecule has 0 aromatic heterocycles. The van der Waals surface area contributed by atoms with E-state index in [4.69, 9.17) is 4.74 Å². The maximum Gasteiger partial charge on any atom is 0.324 e. The van der Waals surface area contributed by atoms with E-state index in [-0.39, 0.29) is 17.9 Å². The number of piperidine rings is 1. The number of ether oxygens (including phenoxy) is 1. The molecule has 0 unspecified atom stereocenters. The van der Waals surface area contributed by atoms with Crippen LogP contribution in [0.5, 0.6) is 0 Å². The molecule has 0 aromatic rings. The minimum absolute atomic E-state index is 0.00871. The Bertz CT molecular complexity index is 392. The average molecular weight is 247 g/mol. The van der Waals surface area contributed by atoms with Crippen LogP contribution in [-0.4, -0.2) is 43.6 Å². The second-order valence-electron chi connectivity index (χ2n) is 4.52. The van der Waals surface area contributed by atoms with Crippen molar-refractivity contribution in [3.8, 4) is 0 Å². The highest BCUT2D eigenvalue weighted by Crippen LogP contribution is 2.44. The van der Waals surface area contributed by atoms with Gasteiger partial charge in [-0.2, -0.15) is 4.31 Å². The Labute approximate surface area is 95.8 Å². The first-order valence-corrected chi connectivity index (χ1v) is 7.45. The number of hydrogen-bond acceptors (Lipinski definition) is 4. The Morgan fingerprint density at radius 3 is 2.69 bits per heavy atom. The number of sulfonamides is 1. The molecule has 5 nitrogen and oxygen atoms in total. The van der Waals surface area contributed by atoms with Crippen LogP contribution in [0.1, 0.15) is 26.2 Å². The molecule has 16 heavy (non-hydrogen) atoms. The summed E-state index contributed by atoms with van der Waals surface area (Å²) in [5.41, 5.74) is 0. The van der Waals surface area contributed by atoms with Gasteiger partial charge in [0.25, 0.3) is 0 Å². The Kier molecular flexibility index (Phi) is 2.96. The molecular formula is C10H17NO4S. The van der Waals surface area contributed by atoms with Gasteiger partial charge in [-0.3, -0.25) is 4.79 Å². The normalized spacial score (nSPS) is 34.2. The van der Waals surface area contributed by atoms with Crippen LogP contribution >= 0.6 is 0 Å². The third-order valence-corrected chi connectivity index (χ3v) is 4.73. The monoisotopic (exact) mass is 247 g/mol. The largest absolute Gasteiger partial charge is 0.465 e. The fourth-order valence-electron chi connectivity index (χ4n) is 2.95. The summed E-state index contributed by atoms with van der Waals surface area (Å²) in [5.74, 6) is -0.237. The summed E-state index contributed by atoms with van der Waals surface area (Å²) in [6.07, 6.45) is 3.77. The van der Waals surface area contributed by atoms with Crippen molar-refractivity contribution in [1.29, 1.82) is 0 Å². The zero-order chi connectivity index (χ0) is 11.9. The summed E-state index contributed by atoms with van der Waals surface area (Å²) < 4.78 is 29.6. The molecule has 2 fully saturated rings. The van der Waals surface area contributed by atoms with Gasteiger partial charge < -0.3 is 4.74 Å². The van der Waals surface area contributed by atoms with Crippen LogP contribution in [0.15, 0.2) is 0 Å². The highest BCUT2D eigenvalue weighted by Gasteiger charge is 2.53. The van der Waals surface area contributed by atoms with Crippen LogP contribution in [0.25, 0.3) is 0 Å². The van der Waals surface area contributed by atoms with E-state index in [0.29, 0.717) is 6.61 Å². The predicted molar refractivity (Wildman–Crippen MR) is 58.2 cm³/mol. The number of carbonyl (C=O) groups excluding carboxylic acids is 1. The Hall–Kier alpha value is -0.620. The van der Waals surface area contributed by atoms with E-state index >= 15 is 0 Å². The van der Waals surface area contributed by atoms with Crippen LogP contribution in [0.4, 0.5) is 0 Å². The van der Waals surface area contributed by atoms with Crippen molar-refractivity contribution in [1.82, 2.24) is 4.31 Å². The lowest BCUT2D eigenvalue weighted by atomic mass is 10.0. The van der Waals surface area contributed by atoms with Gasteiger partial charge in [0.1, 0.15) is 6.04 Å². The van der Waals surface area contributed by atoms with Crippen molar-refractivity contribution in [2.75, 3.05) is 12.9 Å². The molecule has 2 rings (SSSR count). The molecule has 1 heterocycles. The SMILES string of the molecule is CCOC(=O)[C@@H]1[C@@H]2CC[C@@H](C2)N1S(C)(=O)=O. The average Bonchev–Trinajstić information content (AvgIpc) is 2.74. The third kappa shape index (κ3) is 1.84. The van der Waals surface area contributed by atoms with E-state index in [1.165, 1.54) is 10.6 Å². The van der Waals surface area contributed by atoms with Crippen molar-refractivity contribution in [2.24, 2.45) is 5.92 Å². The summed E-state index contributed by atoms with van der Waals surface area (Å²) in [4.78, 5) is 11.8. The van der Waals surface area contributed by atoms with Crippen LogP contribution < -0.4 is 0 Å². The molecule has 0 amide bonds. The van der Waals surface area contributed by atoms with Crippen molar-refractivity contribution >= 4 is 16.0 Å². The molecule has 2 aliphatic rings. The maximum absolute atomic E-state index is 11.8. The van der Waals surface area contributed by atoms with Gasteiger partial charge in [-0.1, -0.05) is 0 Å². The van der Waals surface area contributed by atoms with E-state index in [9.17, 15) is 13.2 Å². The summed E-state index contributed by atoms with van der Waals surface area (Å²) in [6, 6.07) is -0.567. The van der Waals surface area contributed by atoms with Crippen LogP contribution in [0.2, 0.25) is 0 Å². The van der Waals surface area contributed by atoms with E-state index in [1.807, 2.05) is 0 Å². The van der Waals surface area contributed by atoms with Gasteiger partial charge in [-0.15, -0.1) is 0 Å². The predicted octanol–water partition coefficient (Wildman–Crippen LogP) is 0.362. The second kappa shape index (κ2) is 4.00. The first-order chi connectivity index (χ1) is 7.45. The third-order valence-electron chi connectivity index (χ3n) is 3.44. The molecule has 0 N–H and O–H groups in total. The van der Waals surface area contributed by atoms with Crippen molar-refractivity contribution in [3.63, 3.8) is 0 Å².